The second-order valence-corrected chi connectivity index (χ2v) is 3.79. The standard InChI is InChI=1S/C6H14O3S/c1-6(2,9-3)4-5-10(7)8/h4-5H2,1-3H3,(H,7,8). The topological polar surface area (TPSA) is 46.5 Å². The van der Waals surface area contributed by atoms with Gasteiger partial charge in [0.05, 0.1) is 11.4 Å². The van der Waals surface area contributed by atoms with Crippen LogP contribution in [0.25, 0.3) is 0 Å². The summed E-state index contributed by atoms with van der Waals surface area (Å²) in [4.78, 5) is 0. The van der Waals surface area contributed by atoms with Gasteiger partial charge in [0, 0.05) is 7.11 Å². The van der Waals surface area contributed by atoms with Gasteiger partial charge < -0.3 is 9.29 Å². The van der Waals surface area contributed by atoms with Crippen LogP contribution in [0.1, 0.15) is 20.3 Å². The predicted octanol–water partition coefficient (Wildman–Crippen LogP) is 1.02. The van der Waals surface area contributed by atoms with Crippen LogP contribution in [-0.4, -0.2) is 27.2 Å². The average molecular weight is 166 g/mol. The third kappa shape index (κ3) is 4.90. The molecule has 4 heteroatoms. The van der Waals surface area contributed by atoms with Crippen molar-refractivity contribution in [2.75, 3.05) is 12.9 Å². The van der Waals surface area contributed by atoms with Crippen LogP contribution in [0.5, 0.6) is 0 Å². The van der Waals surface area contributed by atoms with Crippen molar-refractivity contribution in [2.45, 2.75) is 25.9 Å². The summed E-state index contributed by atoms with van der Waals surface area (Å²) in [5.74, 6) is 0.279. The second kappa shape index (κ2) is 4.05. The molecule has 0 aromatic carbocycles. The highest BCUT2D eigenvalue weighted by atomic mass is 32.2. The summed E-state index contributed by atoms with van der Waals surface area (Å²) in [6.45, 7) is 3.78. The lowest BCUT2D eigenvalue weighted by molar-refractivity contribution is 0.0202. The van der Waals surface area contributed by atoms with E-state index in [0.29, 0.717) is 6.42 Å². The van der Waals surface area contributed by atoms with E-state index in [1.807, 2.05) is 13.8 Å². The van der Waals surface area contributed by atoms with Crippen LogP contribution in [-0.2, 0) is 15.8 Å². The van der Waals surface area contributed by atoms with Gasteiger partial charge in [-0.25, -0.2) is 4.21 Å². The van der Waals surface area contributed by atoms with Crippen molar-refractivity contribution in [1.82, 2.24) is 0 Å². The van der Waals surface area contributed by atoms with Crippen molar-refractivity contribution in [3.8, 4) is 0 Å². The molecule has 0 aliphatic rings. The SMILES string of the molecule is COC(C)(C)CCS(=O)O. The molecule has 0 radical (unpaired) electrons. The average Bonchev–Trinajstić information content (AvgIpc) is 1.85. The Hall–Kier alpha value is 0.0700. The molecule has 0 bridgehead atoms. The molecule has 0 rings (SSSR count). The number of methoxy groups -OCH3 is 1. The third-order valence-corrected chi connectivity index (χ3v) is 1.98. The van der Waals surface area contributed by atoms with Gasteiger partial charge >= 0.3 is 0 Å². The highest BCUT2D eigenvalue weighted by Crippen LogP contribution is 2.12. The summed E-state index contributed by atoms with van der Waals surface area (Å²) in [6, 6.07) is 0. The van der Waals surface area contributed by atoms with E-state index >= 15 is 0 Å². The van der Waals surface area contributed by atoms with Gasteiger partial charge in [-0.15, -0.1) is 0 Å². The van der Waals surface area contributed by atoms with Crippen molar-refractivity contribution in [3.05, 3.63) is 0 Å². The number of hydrogen-bond acceptors (Lipinski definition) is 2. The first-order valence-electron chi connectivity index (χ1n) is 3.10. The van der Waals surface area contributed by atoms with Crippen LogP contribution in [0.2, 0.25) is 0 Å². The Labute approximate surface area is 64.1 Å². The second-order valence-electron chi connectivity index (χ2n) is 2.74. The molecule has 0 spiro atoms. The van der Waals surface area contributed by atoms with Crippen LogP contribution in [0, 0.1) is 0 Å². The van der Waals surface area contributed by atoms with Crippen molar-refractivity contribution >= 4 is 11.1 Å². The van der Waals surface area contributed by atoms with Crippen molar-refractivity contribution < 1.29 is 13.5 Å². The number of rotatable bonds is 4. The van der Waals surface area contributed by atoms with E-state index in [-0.39, 0.29) is 11.4 Å². The largest absolute Gasteiger partial charge is 0.379 e. The zero-order chi connectivity index (χ0) is 8.20. The maximum atomic E-state index is 10.2. The quantitative estimate of drug-likeness (QED) is 0.634. The Morgan fingerprint density at radius 1 is 1.60 bits per heavy atom. The van der Waals surface area contributed by atoms with Crippen LogP contribution in [0.3, 0.4) is 0 Å². The van der Waals surface area contributed by atoms with Gasteiger partial charge in [0.1, 0.15) is 0 Å². The van der Waals surface area contributed by atoms with E-state index in [4.69, 9.17) is 9.29 Å². The molecular formula is C6H14O3S. The highest BCUT2D eigenvalue weighted by Gasteiger charge is 2.16. The van der Waals surface area contributed by atoms with E-state index in [1.165, 1.54) is 0 Å². The highest BCUT2D eigenvalue weighted by molar-refractivity contribution is 7.79. The lowest BCUT2D eigenvalue weighted by Gasteiger charge is -2.21. The van der Waals surface area contributed by atoms with Crippen LogP contribution in [0.4, 0.5) is 0 Å². The molecule has 0 heterocycles. The van der Waals surface area contributed by atoms with E-state index in [9.17, 15) is 4.21 Å². The lowest BCUT2D eigenvalue weighted by Crippen LogP contribution is -2.24. The van der Waals surface area contributed by atoms with Crippen LogP contribution < -0.4 is 0 Å². The molecule has 0 saturated carbocycles. The van der Waals surface area contributed by atoms with Crippen molar-refractivity contribution in [2.24, 2.45) is 0 Å². The summed E-state index contributed by atoms with van der Waals surface area (Å²) in [7, 11) is 1.60. The minimum Gasteiger partial charge on any atom is -0.379 e. The molecule has 0 aromatic rings. The molecule has 62 valence electrons. The van der Waals surface area contributed by atoms with Gasteiger partial charge in [0.25, 0.3) is 0 Å². The summed E-state index contributed by atoms with van der Waals surface area (Å²) in [6.07, 6.45) is 0.604. The Morgan fingerprint density at radius 3 is 2.40 bits per heavy atom. The first-order chi connectivity index (χ1) is 4.48. The fraction of sp³-hybridized carbons (Fsp3) is 1.00. The van der Waals surface area contributed by atoms with Gasteiger partial charge in [-0.1, -0.05) is 0 Å². The predicted molar refractivity (Wildman–Crippen MR) is 41.3 cm³/mol. The Kier molecular flexibility index (Phi) is 4.08. The monoisotopic (exact) mass is 166 g/mol. The first kappa shape index (κ1) is 10.1. The molecule has 1 unspecified atom stereocenters. The number of ether oxygens (including phenoxy) is 1. The molecule has 0 saturated heterocycles. The molecule has 0 amide bonds. The molecule has 0 aliphatic heterocycles. The van der Waals surface area contributed by atoms with Gasteiger partial charge in [-0.3, -0.25) is 0 Å². The Morgan fingerprint density at radius 2 is 2.10 bits per heavy atom. The van der Waals surface area contributed by atoms with E-state index in [0.717, 1.165) is 0 Å². The fourth-order valence-electron chi connectivity index (χ4n) is 0.435. The zero-order valence-corrected chi connectivity index (χ0v) is 7.40. The molecule has 3 nitrogen and oxygen atoms in total. The van der Waals surface area contributed by atoms with E-state index in [1.54, 1.807) is 7.11 Å². The third-order valence-electron chi connectivity index (χ3n) is 1.43. The molecule has 1 N–H and O–H groups in total. The van der Waals surface area contributed by atoms with Gasteiger partial charge in [-0.05, 0) is 20.3 Å². The summed E-state index contributed by atoms with van der Waals surface area (Å²) >= 11 is -1.69. The van der Waals surface area contributed by atoms with Crippen molar-refractivity contribution in [1.29, 1.82) is 0 Å². The van der Waals surface area contributed by atoms with Gasteiger partial charge in [-0.2, -0.15) is 0 Å². The molecule has 0 fully saturated rings. The van der Waals surface area contributed by atoms with Crippen molar-refractivity contribution in [3.63, 3.8) is 0 Å². The summed E-state index contributed by atoms with van der Waals surface area (Å²) in [5.41, 5.74) is -0.279. The van der Waals surface area contributed by atoms with Gasteiger partial charge in [0.15, 0.2) is 11.1 Å². The summed E-state index contributed by atoms with van der Waals surface area (Å²) in [5, 5.41) is 0. The lowest BCUT2D eigenvalue weighted by atomic mass is 10.1. The molecule has 0 aromatic heterocycles. The first-order valence-corrected chi connectivity index (χ1v) is 4.38. The number of hydrogen-bond donors (Lipinski definition) is 1. The van der Waals surface area contributed by atoms with Gasteiger partial charge in [0.2, 0.25) is 0 Å². The summed E-state index contributed by atoms with van der Waals surface area (Å²) < 4.78 is 23.7. The maximum absolute atomic E-state index is 10.2. The smallest absolute Gasteiger partial charge is 0.152 e. The molecule has 0 aliphatic carbocycles. The zero-order valence-electron chi connectivity index (χ0n) is 6.59. The van der Waals surface area contributed by atoms with Crippen LogP contribution in [0.15, 0.2) is 0 Å². The minimum atomic E-state index is -1.69. The Bertz CT molecular complexity index is 122. The molecule has 1 atom stereocenters. The minimum absolute atomic E-state index is 0.279. The Balaban J connectivity index is 3.56. The normalized spacial score (nSPS) is 15.2. The van der Waals surface area contributed by atoms with E-state index in [2.05, 4.69) is 0 Å². The fourth-order valence-corrected chi connectivity index (χ4v) is 1.10. The van der Waals surface area contributed by atoms with E-state index < -0.39 is 11.1 Å². The van der Waals surface area contributed by atoms with Crippen LogP contribution >= 0.6 is 0 Å². The maximum Gasteiger partial charge on any atom is 0.152 e. The molecule has 10 heavy (non-hydrogen) atoms. The molecular weight excluding hydrogens is 152 g/mol.